The molecule has 0 aliphatic heterocycles. The van der Waals surface area contributed by atoms with E-state index in [2.05, 4.69) is 25.8 Å². The standard InChI is InChI=1S/C13H13BrN2O3/c1-3-16-11-6-8(14)4-5-9(11)13(18)10(15-16)7-12(17)19-2/h4-6H,3,7H2,1-2H3. The molecule has 0 amide bonds. The van der Waals surface area contributed by atoms with Gasteiger partial charge in [0.15, 0.2) is 0 Å². The van der Waals surface area contributed by atoms with Crippen LogP contribution in [0.15, 0.2) is 27.5 Å². The van der Waals surface area contributed by atoms with E-state index in [0.717, 1.165) is 9.99 Å². The summed E-state index contributed by atoms with van der Waals surface area (Å²) in [6.07, 6.45) is -0.110. The highest BCUT2D eigenvalue weighted by Gasteiger charge is 2.14. The Morgan fingerprint density at radius 2 is 2.21 bits per heavy atom. The van der Waals surface area contributed by atoms with Gasteiger partial charge in [0.25, 0.3) is 0 Å². The molecule has 0 atom stereocenters. The highest BCUT2D eigenvalue weighted by Crippen LogP contribution is 2.17. The maximum absolute atomic E-state index is 12.3. The number of hydrogen-bond donors (Lipinski definition) is 0. The van der Waals surface area contributed by atoms with Crippen LogP contribution in [0.1, 0.15) is 12.6 Å². The molecule has 19 heavy (non-hydrogen) atoms. The van der Waals surface area contributed by atoms with Gasteiger partial charge in [-0.05, 0) is 25.1 Å². The van der Waals surface area contributed by atoms with Gasteiger partial charge in [0.1, 0.15) is 5.69 Å². The summed E-state index contributed by atoms with van der Waals surface area (Å²) in [5.74, 6) is -0.469. The number of nitrogens with zero attached hydrogens (tertiary/aromatic N) is 2. The maximum Gasteiger partial charge on any atom is 0.311 e. The maximum atomic E-state index is 12.3. The van der Waals surface area contributed by atoms with Crippen molar-refractivity contribution in [2.45, 2.75) is 19.9 Å². The minimum atomic E-state index is -0.469. The summed E-state index contributed by atoms with van der Waals surface area (Å²) in [6.45, 7) is 2.54. The van der Waals surface area contributed by atoms with Crippen molar-refractivity contribution in [1.29, 1.82) is 0 Å². The van der Waals surface area contributed by atoms with Crippen LogP contribution < -0.4 is 5.43 Å². The van der Waals surface area contributed by atoms with Crippen LogP contribution >= 0.6 is 15.9 Å². The third-order valence-corrected chi connectivity index (χ3v) is 3.32. The number of aryl methyl sites for hydroxylation is 1. The van der Waals surface area contributed by atoms with Crippen LogP contribution in [0.3, 0.4) is 0 Å². The fraction of sp³-hybridized carbons (Fsp3) is 0.308. The van der Waals surface area contributed by atoms with E-state index in [9.17, 15) is 9.59 Å². The quantitative estimate of drug-likeness (QED) is 0.809. The number of esters is 1. The number of ether oxygens (including phenoxy) is 1. The molecular weight excluding hydrogens is 312 g/mol. The molecule has 0 radical (unpaired) electrons. The number of rotatable bonds is 3. The van der Waals surface area contributed by atoms with E-state index in [-0.39, 0.29) is 17.5 Å². The SMILES string of the molecule is CCn1nc(CC(=O)OC)c(=O)c2ccc(Br)cc21. The molecule has 0 aliphatic rings. The van der Waals surface area contributed by atoms with Gasteiger partial charge in [0.2, 0.25) is 5.43 Å². The largest absolute Gasteiger partial charge is 0.469 e. The Bertz CT molecular complexity index is 694. The lowest BCUT2D eigenvalue weighted by Gasteiger charge is -2.10. The van der Waals surface area contributed by atoms with Gasteiger partial charge in [0.05, 0.1) is 19.0 Å². The average Bonchev–Trinajstić information content (AvgIpc) is 2.41. The van der Waals surface area contributed by atoms with E-state index in [0.29, 0.717) is 11.9 Å². The van der Waals surface area contributed by atoms with E-state index in [1.807, 2.05) is 13.0 Å². The Morgan fingerprint density at radius 3 is 2.84 bits per heavy atom. The lowest BCUT2D eigenvalue weighted by atomic mass is 10.1. The molecule has 2 rings (SSSR count). The van der Waals surface area contributed by atoms with Crippen LogP contribution in [-0.2, 0) is 22.5 Å². The first-order chi connectivity index (χ1) is 9.06. The second kappa shape index (κ2) is 5.52. The zero-order valence-corrected chi connectivity index (χ0v) is 12.2. The van der Waals surface area contributed by atoms with Crippen molar-refractivity contribution in [3.8, 4) is 0 Å². The Balaban J connectivity index is 2.68. The van der Waals surface area contributed by atoms with Crippen molar-refractivity contribution in [2.24, 2.45) is 0 Å². The summed E-state index contributed by atoms with van der Waals surface area (Å²) >= 11 is 3.37. The summed E-state index contributed by atoms with van der Waals surface area (Å²) in [5.41, 5.74) is 0.733. The van der Waals surface area contributed by atoms with Crippen LogP contribution in [0.2, 0.25) is 0 Å². The Kier molecular flexibility index (Phi) is 3.99. The number of halogens is 1. The molecule has 0 N–H and O–H groups in total. The third kappa shape index (κ3) is 2.68. The number of carbonyl (C=O) groups excluding carboxylic acids is 1. The summed E-state index contributed by atoms with van der Waals surface area (Å²) in [4.78, 5) is 23.6. The molecule has 0 fully saturated rings. The molecule has 1 aromatic heterocycles. The highest BCUT2D eigenvalue weighted by molar-refractivity contribution is 9.10. The molecule has 0 unspecified atom stereocenters. The summed E-state index contributed by atoms with van der Waals surface area (Å²) < 4.78 is 7.17. The molecule has 0 spiro atoms. The van der Waals surface area contributed by atoms with Crippen molar-refractivity contribution < 1.29 is 9.53 Å². The van der Waals surface area contributed by atoms with Crippen LogP contribution in [0.25, 0.3) is 10.9 Å². The number of fused-ring (bicyclic) bond motifs is 1. The molecule has 1 heterocycles. The van der Waals surface area contributed by atoms with Crippen molar-refractivity contribution in [1.82, 2.24) is 9.78 Å². The zero-order valence-electron chi connectivity index (χ0n) is 10.6. The molecule has 6 heteroatoms. The van der Waals surface area contributed by atoms with E-state index in [1.54, 1.807) is 16.8 Å². The average molecular weight is 325 g/mol. The van der Waals surface area contributed by atoms with Gasteiger partial charge in [-0.15, -0.1) is 0 Å². The van der Waals surface area contributed by atoms with Crippen LogP contribution in [-0.4, -0.2) is 22.9 Å². The Hall–Kier alpha value is -1.69. The molecule has 5 nitrogen and oxygen atoms in total. The number of methoxy groups -OCH3 is 1. The lowest BCUT2D eigenvalue weighted by molar-refractivity contribution is -0.139. The number of benzene rings is 1. The summed E-state index contributed by atoms with van der Waals surface area (Å²) in [7, 11) is 1.29. The van der Waals surface area contributed by atoms with Gasteiger partial charge in [-0.25, -0.2) is 0 Å². The van der Waals surface area contributed by atoms with Crippen molar-refractivity contribution in [3.63, 3.8) is 0 Å². The highest BCUT2D eigenvalue weighted by atomic mass is 79.9. The topological polar surface area (TPSA) is 61.2 Å². The molecule has 100 valence electrons. The van der Waals surface area contributed by atoms with Gasteiger partial charge in [-0.2, -0.15) is 5.10 Å². The molecule has 0 bridgehead atoms. The first-order valence-electron chi connectivity index (χ1n) is 5.83. The normalized spacial score (nSPS) is 10.7. The molecule has 0 aliphatic carbocycles. The monoisotopic (exact) mass is 324 g/mol. The smallest absolute Gasteiger partial charge is 0.311 e. The summed E-state index contributed by atoms with van der Waals surface area (Å²) in [5, 5.41) is 4.79. The predicted octanol–water partition coefficient (Wildman–Crippen LogP) is 1.89. The zero-order chi connectivity index (χ0) is 14.0. The third-order valence-electron chi connectivity index (χ3n) is 2.82. The molecule has 2 aromatic rings. The predicted molar refractivity (Wildman–Crippen MR) is 75.1 cm³/mol. The first-order valence-corrected chi connectivity index (χ1v) is 6.62. The van der Waals surface area contributed by atoms with Crippen molar-refractivity contribution >= 4 is 32.8 Å². The van der Waals surface area contributed by atoms with Gasteiger partial charge < -0.3 is 4.74 Å². The molecule has 0 saturated carbocycles. The Morgan fingerprint density at radius 1 is 1.47 bits per heavy atom. The van der Waals surface area contributed by atoms with Crippen LogP contribution in [0, 0.1) is 0 Å². The second-order valence-electron chi connectivity index (χ2n) is 4.01. The van der Waals surface area contributed by atoms with Crippen LogP contribution in [0.4, 0.5) is 0 Å². The number of hydrogen-bond acceptors (Lipinski definition) is 4. The number of carbonyl (C=O) groups is 1. The van der Waals surface area contributed by atoms with Gasteiger partial charge in [-0.1, -0.05) is 15.9 Å². The lowest BCUT2D eigenvalue weighted by Crippen LogP contribution is -2.22. The molecule has 0 saturated heterocycles. The van der Waals surface area contributed by atoms with Gasteiger partial charge in [-0.3, -0.25) is 14.3 Å². The van der Waals surface area contributed by atoms with Crippen LogP contribution in [0.5, 0.6) is 0 Å². The Labute approximate surface area is 118 Å². The van der Waals surface area contributed by atoms with Crippen molar-refractivity contribution in [3.05, 3.63) is 38.6 Å². The fourth-order valence-corrected chi connectivity index (χ4v) is 2.23. The summed E-state index contributed by atoms with van der Waals surface area (Å²) in [6, 6.07) is 5.37. The van der Waals surface area contributed by atoms with E-state index in [4.69, 9.17) is 0 Å². The van der Waals surface area contributed by atoms with Crippen molar-refractivity contribution in [2.75, 3.05) is 7.11 Å². The second-order valence-corrected chi connectivity index (χ2v) is 4.92. The van der Waals surface area contributed by atoms with E-state index < -0.39 is 5.97 Å². The minimum Gasteiger partial charge on any atom is -0.469 e. The van der Waals surface area contributed by atoms with E-state index >= 15 is 0 Å². The molecule has 1 aromatic carbocycles. The number of aromatic nitrogens is 2. The van der Waals surface area contributed by atoms with Gasteiger partial charge >= 0.3 is 5.97 Å². The first kappa shape index (κ1) is 13.7. The van der Waals surface area contributed by atoms with E-state index in [1.165, 1.54) is 7.11 Å². The minimum absolute atomic E-state index is 0.110. The fourth-order valence-electron chi connectivity index (χ4n) is 1.88. The molecular formula is C13H13BrN2O3. The van der Waals surface area contributed by atoms with Gasteiger partial charge in [0, 0.05) is 16.4 Å².